The summed E-state index contributed by atoms with van der Waals surface area (Å²) in [5, 5.41) is 3.57. The van der Waals surface area contributed by atoms with E-state index in [1.54, 1.807) is 13.4 Å². The SMILES string of the molecule is CCNC(c1ccoc1CC)c1c(C)cc(C)cc1OC. The summed E-state index contributed by atoms with van der Waals surface area (Å²) in [5.41, 5.74) is 4.85. The molecule has 0 bridgehead atoms. The van der Waals surface area contributed by atoms with E-state index in [1.807, 2.05) is 0 Å². The summed E-state index contributed by atoms with van der Waals surface area (Å²) in [6, 6.07) is 6.45. The Morgan fingerprint density at radius 3 is 2.62 bits per heavy atom. The van der Waals surface area contributed by atoms with Crippen molar-refractivity contribution in [1.82, 2.24) is 5.32 Å². The zero-order chi connectivity index (χ0) is 15.4. The Bertz CT molecular complexity index is 601. The van der Waals surface area contributed by atoms with Crippen LogP contribution in [-0.4, -0.2) is 13.7 Å². The molecule has 3 heteroatoms. The first-order valence-corrected chi connectivity index (χ1v) is 7.57. The van der Waals surface area contributed by atoms with Gasteiger partial charge < -0.3 is 14.5 Å². The Balaban J connectivity index is 2.58. The van der Waals surface area contributed by atoms with Crippen LogP contribution in [0.2, 0.25) is 0 Å². The number of aryl methyl sites for hydroxylation is 3. The van der Waals surface area contributed by atoms with E-state index in [-0.39, 0.29) is 6.04 Å². The maximum atomic E-state index is 5.64. The molecule has 1 heterocycles. The Kier molecular flexibility index (Phi) is 5.07. The van der Waals surface area contributed by atoms with Crippen LogP contribution < -0.4 is 10.1 Å². The summed E-state index contributed by atoms with van der Waals surface area (Å²) in [4.78, 5) is 0. The Morgan fingerprint density at radius 1 is 1.24 bits per heavy atom. The molecule has 0 saturated heterocycles. The number of benzene rings is 1. The van der Waals surface area contributed by atoms with Gasteiger partial charge in [-0.3, -0.25) is 0 Å². The number of nitrogens with one attached hydrogen (secondary N) is 1. The first-order valence-electron chi connectivity index (χ1n) is 7.57. The summed E-state index contributed by atoms with van der Waals surface area (Å²) in [6.45, 7) is 9.35. The van der Waals surface area contributed by atoms with Crippen molar-refractivity contribution in [2.45, 2.75) is 40.2 Å². The number of ether oxygens (including phenoxy) is 1. The molecule has 1 atom stereocenters. The van der Waals surface area contributed by atoms with Crippen LogP contribution in [0, 0.1) is 13.8 Å². The average Bonchev–Trinajstić information content (AvgIpc) is 2.93. The highest BCUT2D eigenvalue weighted by Crippen LogP contribution is 2.35. The van der Waals surface area contributed by atoms with Gasteiger partial charge in [-0.2, -0.15) is 0 Å². The van der Waals surface area contributed by atoms with Crippen LogP contribution in [0.4, 0.5) is 0 Å². The third kappa shape index (κ3) is 3.13. The molecule has 1 aromatic carbocycles. The van der Waals surface area contributed by atoms with E-state index >= 15 is 0 Å². The molecule has 1 N–H and O–H groups in total. The maximum Gasteiger partial charge on any atom is 0.124 e. The van der Waals surface area contributed by atoms with E-state index in [0.29, 0.717) is 0 Å². The van der Waals surface area contributed by atoms with Crippen LogP contribution in [0.5, 0.6) is 5.75 Å². The molecule has 0 spiro atoms. The first-order chi connectivity index (χ1) is 10.1. The number of hydrogen-bond acceptors (Lipinski definition) is 3. The fraction of sp³-hybridized carbons (Fsp3) is 0.444. The smallest absolute Gasteiger partial charge is 0.124 e. The lowest BCUT2D eigenvalue weighted by molar-refractivity contribution is 0.402. The van der Waals surface area contributed by atoms with Gasteiger partial charge in [0.25, 0.3) is 0 Å². The third-order valence-corrected chi connectivity index (χ3v) is 3.82. The molecule has 21 heavy (non-hydrogen) atoms. The summed E-state index contributed by atoms with van der Waals surface area (Å²) < 4.78 is 11.3. The summed E-state index contributed by atoms with van der Waals surface area (Å²) in [6.07, 6.45) is 2.66. The van der Waals surface area contributed by atoms with Crippen molar-refractivity contribution in [1.29, 1.82) is 0 Å². The normalized spacial score (nSPS) is 12.4. The number of furan rings is 1. The predicted octanol–water partition coefficient (Wildman–Crippen LogP) is 4.17. The van der Waals surface area contributed by atoms with E-state index in [9.17, 15) is 0 Å². The fourth-order valence-electron chi connectivity index (χ4n) is 2.95. The fourth-order valence-corrected chi connectivity index (χ4v) is 2.95. The average molecular weight is 287 g/mol. The molecule has 2 aromatic rings. The van der Waals surface area contributed by atoms with Gasteiger partial charge in [0.2, 0.25) is 0 Å². The summed E-state index contributed by atoms with van der Waals surface area (Å²) >= 11 is 0. The van der Waals surface area contributed by atoms with Crippen molar-refractivity contribution >= 4 is 0 Å². The minimum atomic E-state index is 0.0965. The molecule has 0 saturated carbocycles. The second kappa shape index (κ2) is 6.81. The maximum absolute atomic E-state index is 5.64. The van der Waals surface area contributed by atoms with Crippen LogP contribution in [0.1, 0.15) is 47.9 Å². The summed E-state index contributed by atoms with van der Waals surface area (Å²) in [5.74, 6) is 1.96. The number of hydrogen-bond donors (Lipinski definition) is 1. The molecule has 114 valence electrons. The van der Waals surface area contributed by atoms with Crippen LogP contribution >= 0.6 is 0 Å². The van der Waals surface area contributed by atoms with Crippen molar-refractivity contribution < 1.29 is 9.15 Å². The van der Waals surface area contributed by atoms with E-state index in [1.165, 1.54) is 22.3 Å². The van der Waals surface area contributed by atoms with E-state index in [4.69, 9.17) is 9.15 Å². The van der Waals surface area contributed by atoms with Crippen molar-refractivity contribution in [3.63, 3.8) is 0 Å². The molecule has 1 unspecified atom stereocenters. The van der Waals surface area contributed by atoms with Gasteiger partial charge in [-0.1, -0.05) is 19.9 Å². The standard InChI is InChI=1S/C18H25NO2/c1-6-15-14(8-9-21-15)18(19-7-2)17-13(4)10-12(3)11-16(17)20-5/h8-11,18-19H,6-7H2,1-5H3. The quantitative estimate of drug-likeness (QED) is 0.866. The Hall–Kier alpha value is -1.74. The molecule has 3 nitrogen and oxygen atoms in total. The van der Waals surface area contributed by atoms with Crippen molar-refractivity contribution in [2.75, 3.05) is 13.7 Å². The molecule has 0 radical (unpaired) electrons. The lowest BCUT2D eigenvalue weighted by Gasteiger charge is -2.23. The van der Waals surface area contributed by atoms with Crippen LogP contribution in [0.3, 0.4) is 0 Å². The molecule has 2 rings (SSSR count). The van der Waals surface area contributed by atoms with Gasteiger partial charge >= 0.3 is 0 Å². The van der Waals surface area contributed by atoms with Crippen molar-refractivity contribution in [3.8, 4) is 5.75 Å². The largest absolute Gasteiger partial charge is 0.496 e. The van der Waals surface area contributed by atoms with Gasteiger partial charge in [-0.25, -0.2) is 0 Å². The molecular weight excluding hydrogens is 262 g/mol. The van der Waals surface area contributed by atoms with E-state index < -0.39 is 0 Å². The third-order valence-electron chi connectivity index (χ3n) is 3.82. The summed E-state index contributed by atoms with van der Waals surface area (Å²) in [7, 11) is 1.73. The highest BCUT2D eigenvalue weighted by atomic mass is 16.5. The highest BCUT2D eigenvalue weighted by molar-refractivity contribution is 5.49. The van der Waals surface area contributed by atoms with Crippen molar-refractivity contribution in [3.05, 3.63) is 52.5 Å². The zero-order valence-electron chi connectivity index (χ0n) is 13.6. The Morgan fingerprint density at radius 2 is 2.00 bits per heavy atom. The predicted molar refractivity (Wildman–Crippen MR) is 86.1 cm³/mol. The molecule has 0 fully saturated rings. The van der Waals surface area contributed by atoms with Gasteiger partial charge in [0, 0.05) is 17.5 Å². The Labute approximate surface area is 127 Å². The molecular formula is C18H25NO2. The molecule has 0 amide bonds. The van der Waals surface area contributed by atoms with E-state index in [0.717, 1.165) is 24.5 Å². The molecule has 0 aliphatic carbocycles. The lowest BCUT2D eigenvalue weighted by Crippen LogP contribution is -2.24. The topological polar surface area (TPSA) is 34.4 Å². The number of methoxy groups -OCH3 is 1. The van der Waals surface area contributed by atoms with Crippen LogP contribution in [-0.2, 0) is 6.42 Å². The van der Waals surface area contributed by atoms with Gasteiger partial charge in [-0.05, 0) is 43.7 Å². The molecule has 0 aliphatic rings. The van der Waals surface area contributed by atoms with Crippen LogP contribution in [0.25, 0.3) is 0 Å². The van der Waals surface area contributed by atoms with Gasteiger partial charge in [0.1, 0.15) is 11.5 Å². The molecule has 1 aromatic heterocycles. The van der Waals surface area contributed by atoms with Gasteiger partial charge in [0.05, 0.1) is 19.4 Å². The second-order valence-electron chi connectivity index (χ2n) is 5.34. The van der Waals surface area contributed by atoms with E-state index in [2.05, 4.69) is 51.2 Å². The first kappa shape index (κ1) is 15.6. The van der Waals surface area contributed by atoms with Crippen molar-refractivity contribution in [2.24, 2.45) is 0 Å². The van der Waals surface area contributed by atoms with Gasteiger partial charge in [0.15, 0.2) is 0 Å². The zero-order valence-corrected chi connectivity index (χ0v) is 13.6. The molecule has 0 aliphatic heterocycles. The monoisotopic (exact) mass is 287 g/mol. The lowest BCUT2D eigenvalue weighted by atomic mass is 9.92. The minimum Gasteiger partial charge on any atom is -0.496 e. The van der Waals surface area contributed by atoms with Gasteiger partial charge in [-0.15, -0.1) is 0 Å². The second-order valence-corrected chi connectivity index (χ2v) is 5.34. The van der Waals surface area contributed by atoms with Crippen LogP contribution in [0.15, 0.2) is 28.9 Å². The number of rotatable bonds is 6. The highest BCUT2D eigenvalue weighted by Gasteiger charge is 2.23. The minimum absolute atomic E-state index is 0.0965.